The molecule has 0 atom stereocenters. The van der Waals surface area contributed by atoms with Gasteiger partial charge < -0.3 is 10.6 Å². The van der Waals surface area contributed by atoms with Crippen molar-refractivity contribution >= 4 is 49.7 Å². The maximum atomic E-state index is 13.9. The highest BCUT2D eigenvalue weighted by atomic mass is 79.9. The van der Waals surface area contributed by atoms with Crippen LogP contribution in [-0.2, 0) is 6.42 Å². The second-order valence-corrected chi connectivity index (χ2v) is 7.56. The van der Waals surface area contributed by atoms with Gasteiger partial charge in [0.05, 0.1) is 11.4 Å². The third kappa shape index (κ3) is 4.11. The number of aryl methyl sites for hydroxylation is 2. The molecule has 0 saturated heterocycles. The minimum atomic E-state index is -0.495. The van der Waals surface area contributed by atoms with Crippen LogP contribution in [0.2, 0.25) is 0 Å². The van der Waals surface area contributed by atoms with Crippen molar-refractivity contribution in [2.75, 3.05) is 10.6 Å². The number of para-hydroxylation sites is 1. The van der Waals surface area contributed by atoms with Gasteiger partial charge in [-0.3, -0.25) is 4.79 Å². The van der Waals surface area contributed by atoms with Crippen molar-refractivity contribution in [3.05, 3.63) is 68.9 Å². The summed E-state index contributed by atoms with van der Waals surface area (Å²) in [5.74, 6) is -0.872. The van der Waals surface area contributed by atoms with E-state index in [1.165, 1.54) is 29.0 Å². The van der Waals surface area contributed by atoms with E-state index in [9.17, 15) is 9.18 Å². The second kappa shape index (κ2) is 7.97. The molecule has 1 aromatic heterocycles. The van der Waals surface area contributed by atoms with Crippen LogP contribution in [-0.4, -0.2) is 10.9 Å². The van der Waals surface area contributed by atoms with Crippen LogP contribution in [0, 0.1) is 12.7 Å². The minimum Gasteiger partial charge on any atom is -0.331 e. The van der Waals surface area contributed by atoms with E-state index < -0.39 is 5.82 Å². The Balaban J connectivity index is 1.80. The van der Waals surface area contributed by atoms with Gasteiger partial charge >= 0.3 is 0 Å². The van der Waals surface area contributed by atoms with Crippen LogP contribution in [0.3, 0.4) is 0 Å². The van der Waals surface area contributed by atoms with Gasteiger partial charge in [-0.2, -0.15) is 0 Å². The fraction of sp³-hybridized carbons (Fsp3) is 0.158. The van der Waals surface area contributed by atoms with Crippen LogP contribution < -0.4 is 10.6 Å². The Kier molecular flexibility index (Phi) is 5.68. The minimum absolute atomic E-state index is 0.136. The van der Waals surface area contributed by atoms with Crippen LogP contribution in [0.4, 0.5) is 20.9 Å². The molecule has 4 nitrogen and oxygen atoms in total. The van der Waals surface area contributed by atoms with Crippen LogP contribution in [0.25, 0.3) is 0 Å². The third-order valence-electron chi connectivity index (χ3n) is 3.82. The van der Waals surface area contributed by atoms with E-state index in [4.69, 9.17) is 0 Å². The lowest BCUT2D eigenvalue weighted by atomic mass is 10.1. The van der Waals surface area contributed by atoms with Gasteiger partial charge in [-0.05, 0) is 43.2 Å². The van der Waals surface area contributed by atoms with Crippen molar-refractivity contribution in [2.45, 2.75) is 20.3 Å². The molecule has 3 rings (SSSR count). The van der Waals surface area contributed by atoms with Gasteiger partial charge in [0.25, 0.3) is 5.91 Å². The Bertz CT molecular complexity index is 958. The van der Waals surface area contributed by atoms with Gasteiger partial charge in [0.2, 0.25) is 0 Å². The van der Waals surface area contributed by atoms with Crippen LogP contribution in [0.15, 0.2) is 46.9 Å². The molecule has 2 aromatic carbocycles. The van der Waals surface area contributed by atoms with Gasteiger partial charge in [0.1, 0.15) is 10.7 Å². The molecule has 3 aromatic rings. The fourth-order valence-corrected chi connectivity index (χ4v) is 3.70. The van der Waals surface area contributed by atoms with Gasteiger partial charge in [-0.25, -0.2) is 9.37 Å². The number of thiazole rings is 1. The van der Waals surface area contributed by atoms with Crippen molar-refractivity contribution in [2.24, 2.45) is 0 Å². The molecule has 0 aliphatic rings. The zero-order valence-electron chi connectivity index (χ0n) is 14.3. The summed E-state index contributed by atoms with van der Waals surface area (Å²) in [5.41, 5.74) is 2.87. The summed E-state index contributed by atoms with van der Waals surface area (Å²) in [7, 11) is 0. The highest BCUT2D eigenvalue weighted by Crippen LogP contribution is 2.29. The van der Waals surface area contributed by atoms with Gasteiger partial charge in [-0.1, -0.05) is 52.4 Å². The van der Waals surface area contributed by atoms with E-state index >= 15 is 0 Å². The SMILES string of the molecule is CCc1ccccc1Nc1nc(C)c(C(=O)Nc2ccc(Br)cc2F)s1. The number of aromatic nitrogens is 1. The van der Waals surface area contributed by atoms with E-state index in [2.05, 4.69) is 38.5 Å². The number of hydrogen-bond donors (Lipinski definition) is 2. The number of carbonyl (C=O) groups is 1. The smallest absolute Gasteiger partial charge is 0.267 e. The summed E-state index contributed by atoms with van der Waals surface area (Å²) in [6.45, 7) is 3.85. The first-order chi connectivity index (χ1) is 12.5. The standard InChI is InChI=1S/C19H17BrFN3OS/c1-3-12-6-4-5-7-15(12)24-19-22-11(2)17(26-19)18(25)23-16-9-8-13(20)10-14(16)21/h4-10H,3H2,1-2H3,(H,22,24)(H,23,25). The maximum absolute atomic E-state index is 13.9. The Morgan fingerprint density at radius 1 is 1.23 bits per heavy atom. The Labute approximate surface area is 163 Å². The molecule has 0 fully saturated rings. The van der Waals surface area contributed by atoms with Gasteiger partial charge in [0, 0.05) is 10.2 Å². The van der Waals surface area contributed by atoms with Crippen molar-refractivity contribution in [1.29, 1.82) is 0 Å². The zero-order chi connectivity index (χ0) is 18.7. The first-order valence-corrected chi connectivity index (χ1v) is 9.67. The molecule has 0 aliphatic carbocycles. The lowest BCUT2D eigenvalue weighted by Gasteiger charge is -2.07. The Morgan fingerprint density at radius 2 is 2.00 bits per heavy atom. The van der Waals surface area contributed by atoms with E-state index in [0.29, 0.717) is 20.2 Å². The van der Waals surface area contributed by atoms with E-state index in [0.717, 1.165) is 12.1 Å². The molecule has 0 saturated carbocycles. The van der Waals surface area contributed by atoms with E-state index in [1.54, 1.807) is 13.0 Å². The van der Waals surface area contributed by atoms with Crippen molar-refractivity contribution in [3.63, 3.8) is 0 Å². The number of rotatable bonds is 5. The monoisotopic (exact) mass is 433 g/mol. The molecule has 134 valence electrons. The Morgan fingerprint density at radius 3 is 2.73 bits per heavy atom. The molecular weight excluding hydrogens is 417 g/mol. The van der Waals surface area contributed by atoms with Crippen molar-refractivity contribution in [3.8, 4) is 0 Å². The van der Waals surface area contributed by atoms with Gasteiger partial charge in [0.15, 0.2) is 5.13 Å². The molecule has 7 heteroatoms. The molecule has 26 heavy (non-hydrogen) atoms. The number of amides is 1. The largest absolute Gasteiger partial charge is 0.331 e. The molecule has 0 unspecified atom stereocenters. The van der Waals surface area contributed by atoms with Crippen molar-refractivity contribution in [1.82, 2.24) is 4.98 Å². The highest BCUT2D eigenvalue weighted by Gasteiger charge is 2.17. The zero-order valence-corrected chi connectivity index (χ0v) is 16.7. The van der Waals surface area contributed by atoms with Gasteiger partial charge in [-0.15, -0.1) is 0 Å². The topological polar surface area (TPSA) is 54.0 Å². The summed E-state index contributed by atoms with van der Waals surface area (Å²) in [6, 6.07) is 12.5. The average Bonchev–Trinajstić information content (AvgIpc) is 2.98. The number of nitrogens with zero attached hydrogens (tertiary/aromatic N) is 1. The van der Waals surface area contributed by atoms with Crippen LogP contribution >= 0.6 is 27.3 Å². The third-order valence-corrected chi connectivity index (χ3v) is 5.39. The first-order valence-electron chi connectivity index (χ1n) is 8.06. The molecule has 0 spiro atoms. The molecule has 1 amide bonds. The normalized spacial score (nSPS) is 10.6. The lowest BCUT2D eigenvalue weighted by Crippen LogP contribution is -2.12. The number of carbonyl (C=O) groups excluding carboxylic acids is 1. The summed E-state index contributed by atoms with van der Waals surface area (Å²) in [4.78, 5) is 17.4. The van der Waals surface area contributed by atoms with Crippen LogP contribution in [0.5, 0.6) is 0 Å². The first kappa shape index (κ1) is 18.5. The average molecular weight is 434 g/mol. The second-order valence-electron chi connectivity index (χ2n) is 5.65. The molecule has 1 heterocycles. The Hall–Kier alpha value is -2.25. The number of anilines is 3. The molecular formula is C19H17BrFN3OS. The van der Waals surface area contributed by atoms with Crippen molar-refractivity contribution < 1.29 is 9.18 Å². The summed E-state index contributed by atoms with van der Waals surface area (Å²) >= 11 is 4.44. The predicted molar refractivity (Wildman–Crippen MR) is 108 cm³/mol. The number of hydrogen-bond acceptors (Lipinski definition) is 4. The van der Waals surface area contributed by atoms with Crippen LogP contribution in [0.1, 0.15) is 27.9 Å². The molecule has 0 aliphatic heterocycles. The van der Waals surface area contributed by atoms with E-state index in [-0.39, 0.29) is 11.6 Å². The van der Waals surface area contributed by atoms with E-state index in [1.807, 2.05) is 24.3 Å². The lowest BCUT2D eigenvalue weighted by molar-refractivity contribution is 0.102. The fourth-order valence-electron chi connectivity index (χ4n) is 2.50. The number of nitrogens with one attached hydrogen (secondary N) is 2. The summed E-state index contributed by atoms with van der Waals surface area (Å²) in [6.07, 6.45) is 0.893. The summed E-state index contributed by atoms with van der Waals surface area (Å²) in [5, 5.41) is 6.50. The highest BCUT2D eigenvalue weighted by molar-refractivity contribution is 9.10. The summed E-state index contributed by atoms with van der Waals surface area (Å²) < 4.78 is 14.5. The number of halogens is 2. The molecule has 0 radical (unpaired) electrons. The number of benzene rings is 2. The predicted octanol–water partition coefficient (Wildman–Crippen LogP) is 5.91. The quantitative estimate of drug-likeness (QED) is 0.525. The maximum Gasteiger partial charge on any atom is 0.267 e. The molecule has 2 N–H and O–H groups in total. The molecule has 0 bridgehead atoms.